The molecule has 4 aliphatic heterocycles. The van der Waals surface area contributed by atoms with Crippen molar-refractivity contribution in [2.75, 3.05) is 39.9 Å². The van der Waals surface area contributed by atoms with Gasteiger partial charge in [0.15, 0.2) is 5.69 Å². The molecule has 1 atom stereocenters. The van der Waals surface area contributed by atoms with Crippen LogP contribution in [0.5, 0.6) is 0 Å². The molecule has 0 unspecified atom stereocenters. The van der Waals surface area contributed by atoms with Gasteiger partial charge >= 0.3 is 0 Å². The summed E-state index contributed by atoms with van der Waals surface area (Å²) in [7, 11) is 1.96. The minimum atomic E-state index is -0.250. The second-order valence-electron chi connectivity index (χ2n) is 8.49. The van der Waals surface area contributed by atoms with Gasteiger partial charge in [0.2, 0.25) is 0 Å². The monoisotopic (exact) mass is 414 g/mol. The Balaban J connectivity index is 0.000000687. The van der Waals surface area contributed by atoms with E-state index in [2.05, 4.69) is 33.3 Å². The SMILES string of the molecule is CN(C(=O)c1n[nH]c2ccc(C3CCOCC3)cc12)[C@@H]1CN2CCC1CC2.O=CO. The van der Waals surface area contributed by atoms with E-state index >= 15 is 0 Å². The number of benzene rings is 1. The zero-order valence-electron chi connectivity index (χ0n) is 17.4. The number of aromatic amines is 1. The Morgan fingerprint density at radius 1 is 1.27 bits per heavy atom. The fourth-order valence-corrected chi connectivity index (χ4v) is 5.17. The summed E-state index contributed by atoms with van der Waals surface area (Å²) in [6.07, 6.45) is 4.51. The van der Waals surface area contributed by atoms with Crippen molar-refractivity contribution in [3.05, 3.63) is 29.5 Å². The Hall–Kier alpha value is -2.45. The van der Waals surface area contributed by atoms with E-state index in [9.17, 15) is 4.79 Å². The van der Waals surface area contributed by atoms with Crippen LogP contribution in [0, 0.1) is 5.92 Å². The first kappa shape index (κ1) is 20.8. The Bertz CT molecular complexity index is 884. The summed E-state index contributed by atoms with van der Waals surface area (Å²) in [4.78, 5) is 26.1. The van der Waals surface area contributed by atoms with Crippen LogP contribution in [-0.4, -0.2) is 83.4 Å². The molecule has 2 N–H and O–H groups in total. The van der Waals surface area contributed by atoms with Crippen LogP contribution in [-0.2, 0) is 9.53 Å². The van der Waals surface area contributed by atoms with E-state index in [-0.39, 0.29) is 12.4 Å². The lowest BCUT2D eigenvalue weighted by Crippen LogP contribution is -2.57. The van der Waals surface area contributed by atoms with Gasteiger partial charge in [0.05, 0.1) is 5.52 Å². The van der Waals surface area contributed by atoms with Gasteiger partial charge < -0.3 is 19.6 Å². The molecule has 1 amide bonds. The number of hydrogen-bond donors (Lipinski definition) is 2. The van der Waals surface area contributed by atoms with E-state index in [1.165, 1.54) is 31.5 Å². The minimum absolute atomic E-state index is 0.0455. The molecule has 4 aliphatic rings. The van der Waals surface area contributed by atoms with Crippen molar-refractivity contribution in [2.45, 2.75) is 37.6 Å². The van der Waals surface area contributed by atoms with Crippen molar-refractivity contribution in [3.8, 4) is 0 Å². The number of fused-ring (bicyclic) bond motifs is 4. The molecule has 2 bridgehead atoms. The number of carbonyl (C=O) groups excluding carboxylic acids is 1. The maximum absolute atomic E-state index is 13.3. The molecule has 30 heavy (non-hydrogen) atoms. The van der Waals surface area contributed by atoms with Gasteiger partial charge in [0, 0.05) is 38.2 Å². The summed E-state index contributed by atoms with van der Waals surface area (Å²) < 4.78 is 5.50. The highest BCUT2D eigenvalue weighted by molar-refractivity contribution is 6.04. The highest BCUT2D eigenvalue weighted by Crippen LogP contribution is 2.33. The Morgan fingerprint density at radius 2 is 1.97 bits per heavy atom. The third-order valence-corrected chi connectivity index (χ3v) is 6.92. The lowest BCUT2D eigenvalue weighted by Gasteiger charge is -2.47. The second kappa shape index (κ2) is 9.14. The van der Waals surface area contributed by atoms with Crippen LogP contribution in [0.3, 0.4) is 0 Å². The quantitative estimate of drug-likeness (QED) is 0.748. The molecule has 0 aliphatic carbocycles. The van der Waals surface area contributed by atoms with Crippen molar-refractivity contribution in [1.82, 2.24) is 20.0 Å². The third kappa shape index (κ3) is 4.06. The molecule has 1 aromatic heterocycles. The fraction of sp³-hybridized carbons (Fsp3) is 0.591. The molecule has 6 rings (SSSR count). The number of carbonyl (C=O) groups is 2. The van der Waals surface area contributed by atoms with Crippen molar-refractivity contribution in [1.29, 1.82) is 0 Å². The molecule has 4 saturated heterocycles. The first-order valence-corrected chi connectivity index (χ1v) is 10.8. The van der Waals surface area contributed by atoms with Crippen LogP contribution < -0.4 is 0 Å². The van der Waals surface area contributed by atoms with Crippen LogP contribution in [0.25, 0.3) is 10.9 Å². The third-order valence-electron chi connectivity index (χ3n) is 6.92. The number of nitrogens with zero attached hydrogens (tertiary/aromatic N) is 3. The summed E-state index contributed by atoms with van der Waals surface area (Å²) in [5.41, 5.74) is 2.81. The van der Waals surface area contributed by atoms with E-state index in [0.29, 0.717) is 23.6 Å². The van der Waals surface area contributed by atoms with Crippen LogP contribution in [0.15, 0.2) is 18.2 Å². The first-order valence-electron chi connectivity index (χ1n) is 10.8. The average molecular weight is 415 g/mol. The molecule has 0 radical (unpaired) electrons. The van der Waals surface area contributed by atoms with E-state index in [1.54, 1.807) is 0 Å². The van der Waals surface area contributed by atoms with E-state index in [4.69, 9.17) is 14.6 Å². The van der Waals surface area contributed by atoms with E-state index in [1.807, 2.05) is 11.9 Å². The molecule has 0 spiro atoms. The average Bonchev–Trinajstić information content (AvgIpc) is 3.23. The van der Waals surface area contributed by atoms with Gasteiger partial charge in [-0.15, -0.1) is 0 Å². The van der Waals surface area contributed by atoms with Gasteiger partial charge in [-0.1, -0.05) is 6.07 Å². The van der Waals surface area contributed by atoms with Crippen molar-refractivity contribution < 1.29 is 19.4 Å². The number of likely N-dealkylation sites (N-methyl/N-ethyl adjacent to an activating group) is 1. The van der Waals surface area contributed by atoms with E-state index < -0.39 is 0 Å². The molecule has 8 nitrogen and oxygen atoms in total. The zero-order chi connectivity index (χ0) is 21.1. The maximum Gasteiger partial charge on any atom is 0.290 e. The van der Waals surface area contributed by atoms with Gasteiger partial charge in [-0.25, -0.2) is 0 Å². The van der Waals surface area contributed by atoms with Crippen LogP contribution in [0.1, 0.15) is 47.7 Å². The highest BCUT2D eigenvalue weighted by atomic mass is 16.5. The van der Waals surface area contributed by atoms with Gasteiger partial charge in [-0.05, 0) is 68.3 Å². The number of hydrogen-bond acceptors (Lipinski definition) is 5. The fourth-order valence-electron chi connectivity index (χ4n) is 5.17. The normalized spacial score (nSPS) is 26.1. The number of aromatic nitrogens is 2. The topological polar surface area (TPSA) is 98.8 Å². The number of nitrogens with one attached hydrogen (secondary N) is 1. The molecular weight excluding hydrogens is 384 g/mol. The number of carboxylic acid groups (broad SMARTS) is 1. The lowest BCUT2D eigenvalue weighted by atomic mass is 9.83. The largest absolute Gasteiger partial charge is 0.483 e. The van der Waals surface area contributed by atoms with Crippen LogP contribution in [0.4, 0.5) is 0 Å². The summed E-state index contributed by atoms with van der Waals surface area (Å²) in [5, 5.41) is 15.3. The lowest BCUT2D eigenvalue weighted by molar-refractivity contribution is -0.122. The molecule has 5 heterocycles. The van der Waals surface area contributed by atoms with Gasteiger partial charge in [0.1, 0.15) is 0 Å². The summed E-state index contributed by atoms with van der Waals surface area (Å²) in [6, 6.07) is 6.72. The summed E-state index contributed by atoms with van der Waals surface area (Å²) in [6.45, 7) is 4.76. The van der Waals surface area contributed by atoms with Crippen molar-refractivity contribution >= 4 is 23.3 Å². The number of amides is 1. The first-order chi connectivity index (χ1) is 14.6. The van der Waals surface area contributed by atoms with E-state index in [0.717, 1.165) is 43.5 Å². The van der Waals surface area contributed by atoms with Gasteiger partial charge in [-0.3, -0.25) is 14.7 Å². The highest BCUT2D eigenvalue weighted by Gasteiger charge is 2.38. The van der Waals surface area contributed by atoms with Crippen LogP contribution in [0.2, 0.25) is 0 Å². The zero-order valence-corrected chi connectivity index (χ0v) is 17.4. The number of rotatable bonds is 3. The standard InChI is InChI=1S/C21H28N4O2.CH2O2/c1-24(19-13-25-8-4-15(19)5-9-25)21(26)20-17-12-16(2-3-18(17)22-23-20)14-6-10-27-11-7-14;2-1-3/h2-3,12,14-15,19H,4-11,13H2,1H3,(H,22,23);1H,(H,2,3)/t19-;/m1./s1. The predicted octanol–water partition coefficient (Wildman–Crippen LogP) is 2.32. The maximum atomic E-state index is 13.3. The minimum Gasteiger partial charge on any atom is -0.483 e. The molecule has 2 aromatic rings. The summed E-state index contributed by atoms with van der Waals surface area (Å²) in [5.74, 6) is 1.19. The molecule has 8 heteroatoms. The second-order valence-corrected chi connectivity index (χ2v) is 8.49. The van der Waals surface area contributed by atoms with Crippen molar-refractivity contribution in [2.24, 2.45) is 5.92 Å². The molecule has 0 saturated carbocycles. The van der Waals surface area contributed by atoms with Crippen molar-refractivity contribution in [3.63, 3.8) is 0 Å². The van der Waals surface area contributed by atoms with Crippen LogP contribution >= 0.6 is 0 Å². The Labute approximate surface area is 176 Å². The number of H-pyrrole nitrogens is 1. The molecule has 1 aromatic carbocycles. The molecular formula is C22H30N4O4. The number of piperidine rings is 3. The Morgan fingerprint density at radius 3 is 2.60 bits per heavy atom. The Kier molecular flexibility index (Phi) is 6.34. The molecule has 4 fully saturated rings. The van der Waals surface area contributed by atoms with Gasteiger partial charge in [-0.2, -0.15) is 5.10 Å². The van der Waals surface area contributed by atoms with Gasteiger partial charge in [0.25, 0.3) is 12.4 Å². The smallest absolute Gasteiger partial charge is 0.290 e. The number of ether oxygens (including phenoxy) is 1. The molecule has 162 valence electrons. The summed E-state index contributed by atoms with van der Waals surface area (Å²) >= 11 is 0. The predicted molar refractivity (Wildman–Crippen MR) is 113 cm³/mol.